The number of fused-ring (bicyclic) bond motifs is 1. The van der Waals surface area contributed by atoms with Crippen molar-refractivity contribution in [3.8, 4) is 5.75 Å². The first-order chi connectivity index (χ1) is 21.5. The summed E-state index contributed by atoms with van der Waals surface area (Å²) < 4.78 is 40.6. The number of hydrogen-bond donors (Lipinski definition) is 2. The summed E-state index contributed by atoms with van der Waals surface area (Å²) >= 11 is 1.17. The lowest BCUT2D eigenvalue weighted by molar-refractivity contribution is -0.120. The largest absolute Gasteiger partial charge is 0.490 e. The second-order valence-corrected chi connectivity index (χ2v) is 15.8. The van der Waals surface area contributed by atoms with Gasteiger partial charge < -0.3 is 24.8 Å². The minimum Gasteiger partial charge on any atom is -0.490 e. The predicted molar refractivity (Wildman–Crippen MR) is 176 cm³/mol. The molecule has 4 atom stereocenters. The third-order valence-electron chi connectivity index (χ3n) is 8.89. The van der Waals surface area contributed by atoms with E-state index in [0.717, 1.165) is 51.4 Å². The summed E-state index contributed by atoms with van der Waals surface area (Å²) in [4.78, 5) is 29.0. The maximum atomic E-state index is 14.3. The van der Waals surface area contributed by atoms with Crippen LogP contribution in [0.15, 0.2) is 39.9 Å². The predicted octanol–water partition coefficient (Wildman–Crippen LogP) is 5.38. The fourth-order valence-electron chi connectivity index (χ4n) is 5.99. The zero-order chi connectivity index (χ0) is 32.6. The highest BCUT2D eigenvalue weighted by Crippen LogP contribution is 2.30. The van der Waals surface area contributed by atoms with Gasteiger partial charge in [0.2, 0.25) is 5.91 Å². The monoisotopic (exact) mass is 663 g/mol. The number of likely N-dealkylation sites (N-methyl/N-ethyl adjacent to an activating group) is 1. The molecule has 1 aliphatic heterocycles. The summed E-state index contributed by atoms with van der Waals surface area (Å²) in [5, 5.41) is 14.9. The molecule has 1 aliphatic carbocycles. The van der Waals surface area contributed by atoms with Crippen molar-refractivity contribution in [2.75, 3.05) is 38.7 Å². The third-order valence-corrected chi connectivity index (χ3v) is 12.1. The number of carbonyl (C=O) groups is 2. The maximum Gasteiger partial charge on any atom is 0.258 e. The topological polar surface area (TPSA) is 125 Å². The molecular weight excluding hydrogens is 615 g/mol. The molecule has 45 heavy (non-hydrogen) atoms. The van der Waals surface area contributed by atoms with E-state index in [1.165, 1.54) is 15.6 Å². The second kappa shape index (κ2) is 16.4. The molecule has 2 heterocycles. The first kappa shape index (κ1) is 35.3. The van der Waals surface area contributed by atoms with Crippen LogP contribution in [0.1, 0.15) is 82.5 Å². The average molecular weight is 664 g/mol. The molecule has 4 rings (SSSR count). The molecule has 250 valence electrons. The van der Waals surface area contributed by atoms with Crippen LogP contribution in [0, 0.1) is 11.8 Å². The molecule has 0 unspecified atom stereocenters. The Morgan fingerprint density at radius 1 is 1.13 bits per heavy atom. The summed E-state index contributed by atoms with van der Waals surface area (Å²) in [6.45, 7) is 6.18. The quantitative estimate of drug-likeness (QED) is 0.388. The van der Waals surface area contributed by atoms with Crippen molar-refractivity contribution in [1.29, 1.82) is 0 Å². The molecule has 0 bridgehead atoms. The van der Waals surface area contributed by atoms with E-state index in [0.29, 0.717) is 23.6 Å². The molecule has 0 saturated heterocycles. The summed E-state index contributed by atoms with van der Waals surface area (Å²) in [7, 11) is -2.15. The van der Waals surface area contributed by atoms with Gasteiger partial charge in [0, 0.05) is 44.3 Å². The smallest absolute Gasteiger partial charge is 0.258 e. The molecule has 10 nitrogen and oxygen atoms in total. The van der Waals surface area contributed by atoms with Crippen LogP contribution in [0.5, 0.6) is 5.75 Å². The lowest BCUT2D eigenvalue weighted by Gasteiger charge is -2.35. The Bertz CT molecular complexity index is 1360. The number of sulfonamides is 1. The summed E-state index contributed by atoms with van der Waals surface area (Å²) in [5.74, 6) is -0.255. The van der Waals surface area contributed by atoms with Crippen molar-refractivity contribution in [1.82, 2.24) is 9.21 Å². The number of nitrogens with one attached hydrogen (secondary N) is 1. The summed E-state index contributed by atoms with van der Waals surface area (Å²) in [5.41, 5.74) is 0.837. The van der Waals surface area contributed by atoms with Crippen LogP contribution in [-0.4, -0.2) is 86.1 Å². The number of anilines is 1. The van der Waals surface area contributed by atoms with Gasteiger partial charge in [-0.05, 0) is 75.6 Å². The minimum atomic E-state index is -3.69. The van der Waals surface area contributed by atoms with Crippen molar-refractivity contribution < 1.29 is 32.6 Å². The Balaban J connectivity index is 1.63. The molecule has 1 aromatic heterocycles. The Kier molecular flexibility index (Phi) is 12.8. The third kappa shape index (κ3) is 9.28. The summed E-state index contributed by atoms with van der Waals surface area (Å²) in [6.07, 6.45) is 6.62. The van der Waals surface area contributed by atoms with Crippen molar-refractivity contribution in [2.45, 2.75) is 94.6 Å². The Morgan fingerprint density at radius 3 is 2.56 bits per heavy atom. The van der Waals surface area contributed by atoms with Gasteiger partial charge >= 0.3 is 0 Å². The molecule has 2 aliphatic rings. The van der Waals surface area contributed by atoms with Crippen LogP contribution in [0.25, 0.3) is 0 Å². The number of thiophene rings is 1. The van der Waals surface area contributed by atoms with E-state index < -0.39 is 22.2 Å². The highest BCUT2D eigenvalue weighted by atomic mass is 32.2. The molecule has 0 spiro atoms. The lowest BCUT2D eigenvalue weighted by Crippen LogP contribution is -2.48. The maximum absolute atomic E-state index is 14.3. The van der Waals surface area contributed by atoms with Crippen molar-refractivity contribution in [2.24, 2.45) is 11.8 Å². The van der Waals surface area contributed by atoms with Crippen LogP contribution in [0.2, 0.25) is 0 Å². The zero-order valence-corrected chi connectivity index (χ0v) is 28.6. The SMILES string of the molecule is C[C@@H]1CN([C@H](C)CO)C(=O)c2cc(NC(=O)C3CCCCC3)ccc2O[C@@H](C)CCCCO[C@H]1CN(C)S(=O)(=O)c1cccs1. The first-order valence-corrected chi connectivity index (χ1v) is 18.5. The number of rotatable bonds is 8. The Hall–Kier alpha value is -2.51. The van der Waals surface area contributed by atoms with Gasteiger partial charge in [0.05, 0.1) is 30.4 Å². The standard InChI is InChI=1S/C33H49N3O7S2/c1-23-20-36(24(2)22-37)33(39)28-19-27(34-32(38)26-12-6-5-7-13-26)15-16-29(28)43-25(3)11-8-9-17-42-30(23)21-35(4)45(40,41)31-14-10-18-44-31/h10,14-16,18-19,23-26,30,37H,5-9,11-13,17,20-22H2,1-4H3,(H,34,38)/t23-,24-,25+,30+/m1/s1. The van der Waals surface area contributed by atoms with Gasteiger partial charge in [-0.15, -0.1) is 11.3 Å². The van der Waals surface area contributed by atoms with Crippen molar-refractivity contribution in [3.63, 3.8) is 0 Å². The van der Waals surface area contributed by atoms with Gasteiger partial charge in [0.25, 0.3) is 15.9 Å². The summed E-state index contributed by atoms with van der Waals surface area (Å²) in [6, 6.07) is 7.96. The van der Waals surface area contributed by atoms with Crippen LogP contribution >= 0.6 is 11.3 Å². The van der Waals surface area contributed by atoms with E-state index in [2.05, 4.69) is 5.32 Å². The molecule has 1 saturated carbocycles. The number of aliphatic hydroxyl groups excluding tert-OH is 1. The van der Waals surface area contributed by atoms with Gasteiger partial charge in [0.1, 0.15) is 9.96 Å². The first-order valence-electron chi connectivity index (χ1n) is 16.2. The van der Waals surface area contributed by atoms with Crippen LogP contribution in [-0.2, 0) is 19.6 Å². The number of nitrogens with zero attached hydrogens (tertiary/aromatic N) is 2. The highest BCUT2D eigenvalue weighted by Gasteiger charge is 2.33. The van der Waals surface area contributed by atoms with E-state index in [9.17, 15) is 23.1 Å². The van der Waals surface area contributed by atoms with E-state index in [1.54, 1.807) is 54.6 Å². The van der Waals surface area contributed by atoms with E-state index in [4.69, 9.17) is 9.47 Å². The number of aliphatic hydroxyl groups is 1. The number of amides is 2. The molecule has 1 aromatic carbocycles. The average Bonchev–Trinajstić information content (AvgIpc) is 3.59. The van der Waals surface area contributed by atoms with E-state index >= 15 is 0 Å². The van der Waals surface area contributed by atoms with Gasteiger partial charge in [-0.1, -0.05) is 32.3 Å². The molecule has 2 amide bonds. The number of benzene rings is 1. The zero-order valence-electron chi connectivity index (χ0n) is 26.9. The van der Waals surface area contributed by atoms with Crippen LogP contribution in [0.4, 0.5) is 5.69 Å². The molecule has 0 radical (unpaired) electrons. The molecular formula is C33H49N3O7S2. The molecule has 2 N–H and O–H groups in total. The van der Waals surface area contributed by atoms with E-state index in [1.807, 2.05) is 13.8 Å². The fraction of sp³-hybridized carbons (Fsp3) is 0.636. The van der Waals surface area contributed by atoms with Crippen LogP contribution in [0.3, 0.4) is 0 Å². The Morgan fingerprint density at radius 2 is 1.87 bits per heavy atom. The van der Waals surface area contributed by atoms with Gasteiger partial charge in [-0.3, -0.25) is 9.59 Å². The molecule has 2 aromatic rings. The molecule has 1 fully saturated rings. The Labute approximate surface area is 272 Å². The molecule has 12 heteroatoms. The van der Waals surface area contributed by atoms with Gasteiger partial charge in [0.15, 0.2) is 0 Å². The second-order valence-electron chi connectivity index (χ2n) is 12.6. The number of carbonyl (C=O) groups excluding carboxylic acids is 2. The number of hydrogen-bond acceptors (Lipinski definition) is 8. The fourth-order valence-corrected chi connectivity index (χ4v) is 8.37. The van der Waals surface area contributed by atoms with Crippen molar-refractivity contribution in [3.05, 3.63) is 41.3 Å². The van der Waals surface area contributed by atoms with E-state index in [-0.39, 0.29) is 53.7 Å². The highest BCUT2D eigenvalue weighted by molar-refractivity contribution is 7.91. The number of ether oxygens (including phenoxy) is 2. The van der Waals surface area contributed by atoms with Crippen molar-refractivity contribution >= 4 is 38.9 Å². The van der Waals surface area contributed by atoms with Gasteiger partial charge in [-0.25, -0.2) is 8.42 Å². The van der Waals surface area contributed by atoms with Gasteiger partial charge in [-0.2, -0.15) is 4.31 Å². The van der Waals surface area contributed by atoms with Crippen LogP contribution < -0.4 is 10.1 Å². The normalized spacial score (nSPS) is 23.6. The minimum absolute atomic E-state index is 0.0342. The lowest BCUT2D eigenvalue weighted by atomic mass is 9.88.